The Balaban J connectivity index is 1.61. The van der Waals surface area contributed by atoms with Crippen LogP contribution in [-0.2, 0) is 20.1 Å². The van der Waals surface area contributed by atoms with Gasteiger partial charge in [-0.1, -0.05) is 0 Å². The molecule has 0 radical (unpaired) electrons. The van der Waals surface area contributed by atoms with Crippen molar-refractivity contribution in [1.82, 2.24) is 0 Å². The molecule has 2 aliphatic heterocycles. The number of benzene rings is 2. The Morgan fingerprint density at radius 2 is 1.88 bits per heavy atom. The molecule has 0 atom stereocenters. The summed E-state index contributed by atoms with van der Waals surface area (Å²) in [5, 5.41) is 13.4. The molecule has 2 aliphatic rings. The van der Waals surface area contributed by atoms with Crippen LogP contribution in [0.5, 0.6) is 0 Å². The van der Waals surface area contributed by atoms with Gasteiger partial charge in [0.05, 0.1) is 29.5 Å². The van der Waals surface area contributed by atoms with Crippen molar-refractivity contribution in [2.24, 2.45) is 4.99 Å². The average Bonchev–Trinajstić information content (AvgIpc) is 3.21. The lowest BCUT2D eigenvalue weighted by molar-refractivity contribution is -0.384. The number of nitro benzene ring substituents is 1. The van der Waals surface area contributed by atoms with Crippen molar-refractivity contribution in [3.63, 3.8) is 0 Å². The molecule has 2 aromatic carbocycles. The monoisotopic (exact) mass is 339 g/mol. The van der Waals surface area contributed by atoms with Gasteiger partial charge in [-0.3, -0.25) is 19.9 Å². The van der Waals surface area contributed by atoms with Crippen LogP contribution in [-0.4, -0.2) is 30.3 Å². The molecule has 25 heavy (non-hydrogen) atoms. The highest BCUT2D eigenvalue weighted by Crippen LogP contribution is 2.43. The van der Waals surface area contributed by atoms with Crippen LogP contribution in [0, 0.1) is 10.1 Å². The molecule has 0 aliphatic carbocycles. The Labute approximate surface area is 142 Å². The minimum atomic E-state index is -1.38. The molecule has 4 rings (SSSR count). The molecule has 0 saturated carbocycles. The zero-order chi connectivity index (χ0) is 17.4. The Bertz CT molecular complexity index is 886. The average molecular weight is 339 g/mol. The number of carbonyl (C=O) groups excluding carboxylic acids is 1. The van der Waals surface area contributed by atoms with Gasteiger partial charge in [0.2, 0.25) is 0 Å². The number of nitro groups is 1. The lowest BCUT2D eigenvalue weighted by Crippen LogP contribution is -2.35. The summed E-state index contributed by atoms with van der Waals surface area (Å²) >= 11 is 0. The molecular weight excluding hydrogens is 326 g/mol. The molecule has 0 bridgehead atoms. The number of hydrogen-bond donors (Lipinski definition) is 1. The molecule has 8 heteroatoms. The van der Waals surface area contributed by atoms with E-state index >= 15 is 0 Å². The summed E-state index contributed by atoms with van der Waals surface area (Å²) in [5.74, 6) is -1.72. The van der Waals surface area contributed by atoms with Gasteiger partial charge in [0, 0.05) is 23.9 Å². The summed E-state index contributed by atoms with van der Waals surface area (Å²) in [5.41, 5.74) is 2.61. The molecule has 2 heterocycles. The Morgan fingerprint density at radius 3 is 2.56 bits per heavy atom. The second kappa shape index (κ2) is 5.76. The van der Waals surface area contributed by atoms with Crippen molar-refractivity contribution in [1.29, 1.82) is 0 Å². The van der Waals surface area contributed by atoms with Gasteiger partial charge in [-0.15, -0.1) is 0 Å². The highest BCUT2D eigenvalue weighted by molar-refractivity contribution is 6.04. The number of aliphatic imine (C=N–C) groups is 1. The SMILES string of the molecule is O=C1Nc2ccc(N=Cc3ccc([N+](=O)[O-])cc3)cc2C12OCCO2. The third-order valence-electron chi connectivity index (χ3n) is 4.07. The van der Waals surface area contributed by atoms with Gasteiger partial charge in [0.1, 0.15) is 0 Å². The zero-order valence-corrected chi connectivity index (χ0v) is 13.0. The first kappa shape index (κ1) is 15.4. The first-order valence-corrected chi connectivity index (χ1v) is 7.61. The number of fused-ring (bicyclic) bond motifs is 2. The van der Waals surface area contributed by atoms with Crippen molar-refractivity contribution in [2.45, 2.75) is 5.79 Å². The number of amides is 1. The van der Waals surface area contributed by atoms with Crippen molar-refractivity contribution in [2.75, 3.05) is 18.5 Å². The van der Waals surface area contributed by atoms with E-state index in [4.69, 9.17) is 9.47 Å². The van der Waals surface area contributed by atoms with Crippen molar-refractivity contribution >= 4 is 29.2 Å². The van der Waals surface area contributed by atoms with E-state index in [1.807, 2.05) is 0 Å². The number of rotatable bonds is 3. The number of hydrogen-bond acceptors (Lipinski definition) is 6. The third kappa shape index (κ3) is 2.57. The van der Waals surface area contributed by atoms with Crippen LogP contribution in [0.1, 0.15) is 11.1 Å². The van der Waals surface area contributed by atoms with Gasteiger partial charge >= 0.3 is 0 Å². The van der Waals surface area contributed by atoms with Gasteiger partial charge < -0.3 is 14.8 Å². The van der Waals surface area contributed by atoms with Crippen LogP contribution in [0.15, 0.2) is 47.5 Å². The fraction of sp³-hybridized carbons (Fsp3) is 0.176. The van der Waals surface area contributed by atoms with Crippen LogP contribution < -0.4 is 5.32 Å². The van der Waals surface area contributed by atoms with Crippen LogP contribution >= 0.6 is 0 Å². The van der Waals surface area contributed by atoms with Crippen LogP contribution in [0.2, 0.25) is 0 Å². The predicted octanol–water partition coefficient (Wildman–Crippen LogP) is 2.50. The second-order valence-corrected chi connectivity index (χ2v) is 5.60. The maximum absolute atomic E-state index is 12.2. The maximum Gasteiger partial charge on any atom is 0.289 e. The van der Waals surface area contributed by atoms with Gasteiger partial charge in [0.15, 0.2) is 0 Å². The summed E-state index contributed by atoms with van der Waals surface area (Å²) in [6, 6.07) is 11.3. The van der Waals surface area contributed by atoms with E-state index in [-0.39, 0.29) is 11.6 Å². The number of ether oxygens (including phenoxy) is 2. The normalized spacial score (nSPS) is 17.8. The van der Waals surface area contributed by atoms with E-state index < -0.39 is 10.7 Å². The van der Waals surface area contributed by atoms with Crippen LogP contribution in [0.4, 0.5) is 17.1 Å². The van der Waals surface area contributed by atoms with E-state index in [2.05, 4.69) is 10.3 Å². The van der Waals surface area contributed by atoms with Crippen molar-refractivity contribution in [3.05, 3.63) is 63.7 Å². The van der Waals surface area contributed by atoms with E-state index in [0.29, 0.717) is 30.2 Å². The van der Waals surface area contributed by atoms with Crippen LogP contribution in [0.25, 0.3) is 0 Å². The lowest BCUT2D eigenvalue weighted by Gasteiger charge is -2.19. The highest BCUT2D eigenvalue weighted by Gasteiger charge is 2.52. The molecule has 8 nitrogen and oxygen atoms in total. The molecular formula is C17H13N3O5. The fourth-order valence-electron chi connectivity index (χ4n) is 2.85. The standard InChI is InChI=1S/C17H13N3O5/c21-16-17(24-7-8-25-17)14-9-12(3-6-15(14)19-16)18-10-11-1-4-13(5-2-11)20(22)23/h1-6,9-10H,7-8H2,(H,19,21). The number of nitrogens with one attached hydrogen (secondary N) is 1. The minimum Gasteiger partial charge on any atom is -0.336 e. The Kier molecular flexibility index (Phi) is 3.56. The lowest BCUT2D eigenvalue weighted by atomic mass is 10.1. The first-order valence-electron chi connectivity index (χ1n) is 7.61. The summed E-state index contributed by atoms with van der Waals surface area (Å²) in [4.78, 5) is 26.8. The molecule has 1 amide bonds. The number of carbonyl (C=O) groups is 1. The second-order valence-electron chi connectivity index (χ2n) is 5.60. The largest absolute Gasteiger partial charge is 0.336 e. The molecule has 1 saturated heterocycles. The summed E-state index contributed by atoms with van der Waals surface area (Å²) in [7, 11) is 0. The zero-order valence-electron chi connectivity index (χ0n) is 13.0. The van der Waals surface area contributed by atoms with Gasteiger partial charge in [0.25, 0.3) is 17.4 Å². The number of anilines is 1. The first-order chi connectivity index (χ1) is 12.1. The summed E-state index contributed by atoms with van der Waals surface area (Å²) in [6.45, 7) is 0.701. The maximum atomic E-state index is 12.2. The molecule has 1 N–H and O–H groups in total. The highest BCUT2D eigenvalue weighted by atomic mass is 16.7. The van der Waals surface area contributed by atoms with Gasteiger partial charge in [-0.25, -0.2) is 0 Å². The van der Waals surface area contributed by atoms with Crippen molar-refractivity contribution < 1.29 is 19.2 Å². The topological polar surface area (TPSA) is 103 Å². The molecule has 0 aromatic heterocycles. The molecule has 1 fully saturated rings. The van der Waals surface area contributed by atoms with Crippen molar-refractivity contribution in [3.8, 4) is 0 Å². The third-order valence-corrected chi connectivity index (χ3v) is 4.07. The molecule has 2 aromatic rings. The number of nitrogens with zero attached hydrogens (tertiary/aromatic N) is 2. The van der Waals surface area contributed by atoms with Gasteiger partial charge in [-0.2, -0.15) is 0 Å². The summed E-state index contributed by atoms with van der Waals surface area (Å²) in [6.07, 6.45) is 1.60. The van der Waals surface area contributed by atoms with E-state index in [1.165, 1.54) is 12.1 Å². The van der Waals surface area contributed by atoms with E-state index in [9.17, 15) is 14.9 Å². The fourth-order valence-corrected chi connectivity index (χ4v) is 2.85. The predicted molar refractivity (Wildman–Crippen MR) is 89.0 cm³/mol. The number of non-ortho nitro benzene ring substituents is 1. The Hall–Kier alpha value is -3.10. The smallest absolute Gasteiger partial charge is 0.289 e. The minimum absolute atomic E-state index is 0.0248. The molecule has 0 unspecified atom stereocenters. The quantitative estimate of drug-likeness (QED) is 0.526. The molecule has 1 spiro atoms. The van der Waals surface area contributed by atoms with E-state index in [0.717, 1.165) is 5.56 Å². The Morgan fingerprint density at radius 1 is 1.16 bits per heavy atom. The summed E-state index contributed by atoms with van der Waals surface area (Å²) < 4.78 is 11.1. The van der Waals surface area contributed by atoms with E-state index in [1.54, 1.807) is 36.5 Å². The van der Waals surface area contributed by atoms with Crippen LogP contribution in [0.3, 0.4) is 0 Å². The van der Waals surface area contributed by atoms with Gasteiger partial charge in [-0.05, 0) is 35.9 Å². The molecule has 126 valence electrons.